The van der Waals surface area contributed by atoms with Gasteiger partial charge in [-0.3, -0.25) is 0 Å². The van der Waals surface area contributed by atoms with E-state index in [1.165, 1.54) is 24.9 Å². The van der Waals surface area contributed by atoms with Crippen LogP contribution in [0.2, 0.25) is 0 Å². The van der Waals surface area contributed by atoms with Gasteiger partial charge in [-0.25, -0.2) is 0 Å². The molecule has 0 bridgehead atoms. The summed E-state index contributed by atoms with van der Waals surface area (Å²) in [6.45, 7) is 9.86. The Hall–Kier alpha value is -1.18. The molecule has 0 heterocycles. The minimum absolute atomic E-state index is 0.562. The van der Waals surface area contributed by atoms with Gasteiger partial charge in [-0.15, -0.1) is 0 Å². The molecule has 20 heavy (non-hydrogen) atoms. The first-order valence-corrected chi connectivity index (χ1v) is 8.02. The molecule has 0 saturated heterocycles. The molecular formula is C18H29NO. The molecular weight excluding hydrogens is 246 g/mol. The Labute approximate surface area is 123 Å². The Balaban J connectivity index is 1.93. The Kier molecular flexibility index (Phi) is 5.33. The second kappa shape index (κ2) is 7.01. The molecule has 2 nitrogen and oxygen atoms in total. The van der Waals surface area contributed by atoms with Gasteiger partial charge in [0.05, 0.1) is 6.61 Å². The third-order valence-electron chi connectivity index (χ3n) is 3.97. The Bertz CT molecular complexity index is 406. The fourth-order valence-corrected chi connectivity index (χ4v) is 3.24. The van der Waals surface area contributed by atoms with Crippen molar-refractivity contribution in [2.45, 2.75) is 53.0 Å². The van der Waals surface area contributed by atoms with Crippen LogP contribution in [-0.2, 0) is 0 Å². The minimum atomic E-state index is 0.562. The standard InChI is InChI=1S/C18H29NO/c1-13(2)12-20-18-7-5-6-16(11-18)19-17-9-14(3)8-15(4)10-17/h5-7,11,13-15,17,19H,8-10,12H2,1-4H3. The van der Waals surface area contributed by atoms with E-state index in [0.717, 1.165) is 24.2 Å². The van der Waals surface area contributed by atoms with Gasteiger partial charge in [0.2, 0.25) is 0 Å². The fourth-order valence-electron chi connectivity index (χ4n) is 3.24. The number of benzene rings is 1. The topological polar surface area (TPSA) is 21.3 Å². The van der Waals surface area contributed by atoms with Crippen molar-refractivity contribution in [2.75, 3.05) is 11.9 Å². The van der Waals surface area contributed by atoms with Gasteiger partial charge >= 0.3 is 0 Å². The van der Waals surface area contributed by atoms with Crippen molar-refractivity contribution in [1.29, 1.82) is 0 Å². The number of anilines is 1. The molecule has 0 aliphatic heterocycles. The zero-order valence-corrected chi connectivity index (χ0v) is 13.4. The van der Waals surface area contributed by atoms with E-state index in [2.05, 4.69) is 51.2 Å². The molecule has 0 radical (unpaired) electrons. The van der Waals surface area contributed by atoms with Gasteiger partial charge in [-0.1, -0.05) is 33.8 Å². The number of ether oxygens (including phenoxy) is 1. The van der Waals surface area contributed by atoms with E-state index in [4.69, 9.17) is 4.74 Å². The van der Waals surface area contributed by atoms with Crippen molar-refractivity contribution in [2.24, 2.45) is 17.8 Å². The SMILES string of the molecule is CC(C)COc1cccc(NC2CC(C)CC(C)C2)c1. The van der Waals surface area contributed by atoms with Crippen LogP contribution in [0, 0.1) is 17.8 Å². The monoisotopic (exact) mass is 275 g/mol. The average molecular weight is 275 g/mol. The third kappa shape index (κ3) is 4.73. The van der Waals surface area contributed by atoms with Crippen LogP contribution in [0.5, 0.6) is 5.75 Å². The first-order chi connectivity index (χ1) is 9.52. The van der Waals surface area contributed by atoms with Crippen LogP contribution in [0.1, 0.15) is 47.0 Å². The molecule has 1 aromatic carbocycles. The van der Waals surface area contributed by atoms with Crippen LogP contribution in [0.25, 0.3) is 0 Å². The summed E-state index contributed by atoms with van der Waals surface area (Å²) in [7, 11) is 0. The average Bonchev–Trinajstić information content (AvgIpc) is 2.35. The van der Waals surface area contributed by atoms with Gasteiger partial charge < -0.3 is 10.1 Å². The predicted molar refractivity (Wildman–Crippen MR) is 86.4 cm³/mol. The van der Waals surface area contributed by atoms with E-state index in [-0.39, 0.29) is 0 Å². The Morgan fingerprint density at radius 2 is 1.85 bits per heavy atom. The highest BCUT2D eigenvalue weighted by molar-refractivity contribution is 5.49. The van der Waals surface area contributed by atoms with Crippen molar-refractivity contribution in [3.05, 3.63) is 24.3 Å². The first-order valence-electron chi connectivity index (χ1n) is 8.02. The molecule has 0 amide bonds. The molecule has 1 saturated carbocycles. The van der Waals surface area contributed by atoms with E-state index in [9.17, 15) is 0 Å². The molecule has 1 aromatic rings. The molecule has 0 aromatic heterocycles. The second-order valence-electron chi connectivity index (χ2n) is 6.99. The molecule has 2 rings (SSSR count). The lowest BCUT2D eigenvalue weighted by atomic mass is 9.80. The maximum Gasteiger partial charge on any atom is 0.121 e. The van der Waals surface area contributed by atoms with Crippen LogP contribution in [0.15, 0.2) is 24.3 Å². The lowest BCUT2D eigenvalue weighted by molar-refractivity contribution is 0.270. The largest absolute Gasteiger partial charge is 0.493 e. The summed E-state index contributed by atoms with van der Waals surface area (Å²) in [5.74, 6) is 3.19. The zero-order chi connectivity index (χ0) is 14.5. The summed E-state index contributed by atoms with van der Waals surface area (Å²) in [6.07, 6.45) is 3.93. The van der Waals surface area contributed by atoms with Gasteiger partial charge in [-0.2, -0.15) is 0 Å². The molecule has 1 fully saturated rings. The van der Waals surface area contributed by atoms with E-state index < -0.39 is 0 Å². The highest BCUT2D eigenvalue weighted by Gasteiger charge is 2.23. The zero-order valence-electron chi connectivity index (χ0n) is 13.4. The molecule has 112 valence electrons. The van der Waals surface area contributed by atoms with Crippen molar-refractivity contribution in [3.8, 4) is 5.75 Å². The molecule has 0 spiro atoms. The van der Waals surface area contributed by atoms with E-state index in [1.54, 1.807) is 0 Å². The van der Waals surface area contributed by atoms with Crippen molar-refractivity contribution < 1.29 is 4.74 Å². The summed E-state index contributed by atoms with van der Waals surface area (Å²) in [5, 5.41) is 3.69. The van der Waals surface area contributed by atoms with Crippen LogP contribution in [-0.4, -0.2) is 12.6 Å². The second-order valence-corrected chi connectivity index (χ2v) is 6.99. The summed E-state index contributed by atoms with van der Waals surface area (Å²) in [6, 6.07) is 9.00. The minimum Gasteiger partial charge on any atom is -0.493 e. The quantitative estimate of drug-likeness (QED) is 0.820. The van der Waals surface area contributed by atoms with Gasteiger partial charge in [0.25, 0.3) is 0 Å². The predicted octanol–water partition coefficient (Wildman–Crippen LogP) is 4.96. The van der Waals surface area contributed by atoms with E-state index >= 15 is 0 Å². The Morgan fingerprint density at radius 3 is 2.50 bits per heavy atom. The maximum atomic E-state index is 5.80. The normalized spacial score (nSPS) is 26.6. The fraction of sp³-hybridized carbons (Fsp3) is 0.667. The van der Waals surface area contributed by atoms with Gasteiger partial charge in [0.1, 0.15) is 5.75 Å². The van der Waals surface area contributed by atoms with Gasteiger partial charge in [0.15, 0.2) is 0 Å². The summed E-state index contributed by atoms with van der Waals surface area (Å²) >= 11 is 0. The number of hydrogen-bond donors (Lipinski definition) is 1. The molecule has 1 N–H and O–H groups in total. The molecule has 1 aliphatic carbocycles. The van der Waals surface area contributed by atoms with Crippen molar-refractivity contribution >= 4 is 5.69 Å². The Morgan fingerprint density at radius 1 is 1.15 bits per heavy atom. The van der Waals surface area contributed by atoms with Crippen LogP contribution in [0.3, 0.4) is 0 Å². The van der Waals surface area contributed by atoms with Crippen LogP contribution < -0.4 is 10.1 Å². The van der Waals surface area contributed by atoms with Crippen LogP contribution in [0.4, 0.5) is 5.69 Å². The van der Waals surface area contributed by atoms with Crippen LogP contribution >= 0.6 is 0 Å². The number of rotatable bonds is 5. The maximum absolute atomic E-state index is 5.80. The first kappa shape index (κ1) is 15.2. The lowest BCUT2D eigenvalue weighted by Crippen LogP contribution is -2.30. The highest BCUT2D eigenvalue weighted by atomic mass is 16.5. The number of nitrogens with one attached hydrogen (secondary N) is 1. The van der Waals surface area contributed by atoms with E-state index in [1.807, 2.05) is 6.07 Å². The van der Waals surface area contributed by atoms with E-state index in [0.29, 0.717) is 12.0 Å². The molecule has 2 atom stereocenters. The van der Waals surface area contributed by atoms with Crippen molar-refractivity contribution in [3.63, 3.8) is 0 Å². The number of hydrogen-bond acceptors (Lipinski definition) is 2. The summed E-state index contributed by atoms with van der Waals surface area (Å²) < 4.78 is 5.80. The van der Waals surface area contributed by atoms with Gasteiger partial charge in [-0.05, 0) is 49.1 Å². The molecule has 2 heteroatoms. The van der Waals surface area contributed by atoms with Crippen molar-refractivity contribution in [1.82, 2.24) is 0 Å². The summed E-state index contributed by atoms with van der Waals surface area (Å²) in [5.41, 5.74) is 1.19. The smallest absolute Gasteiger partial charge is 0.121 e. The lowest BCUT2D eigenvalue weighted by Gasteiger charge is -2.32. The third-order valence-corrected chi connectivity index (χ3v) is 3.97. The highest BCUT2D eigenvalue weighted by Crippen LogP contribution is 2.31. The molecule has 1 aliphatic rings. The summed E-state index contributed by atoms with van der Waals surface area (Å²) in [4.78, 5) is 0. The van der Waals surface area contributed by atoms with Gasteiger partial charge in [0, 0.05) is 17.8 Å². The molecule has 2 unspecified atom stereocenters.